The van der Waals surface area contributed by atoms with E-state index in [1.807, 2.05) is 0 Å². The minimum absolute atomic E-state index is 0.860. The number of benzene rings is 1. The maximum atomic E-state index is 6.15. The third-order valence-corrected chi connectivity index (χ3v) is 6.75. The maximum absolute atomic E-state index is 6.15. The topological polar surface area (TPSA) is 21.7 Å². The number of rotatable bonds is 20. The molecule has 1 fully saturated rings. The van der Waals surface area contributed by atoms with Gasteiger partial charge in [-0.3, -0.25) is 4.90 Å². The predicted molar refractivity (Wildman–Crippen MR) is 138 cm³/mol. The molecule has 0 saturated carbocycles. The lowest BCUT2D eigenvalue weighted by Gasteiger charge is -2.26. The van der Waals surface area contributed by atoms with E-state index in [1.54, 1.807) is 0 Å². The molecule has 0 spiro atoms. The second kappa shape index (κ2) is 19.4. The molecule has 3 nitrogen and oxygen atoms in total. The Labute approximate surface area is 199 Å². The van der Waals surface area contributed by atoms with E-state index in [9.17, 15) is 0 Å². The van der Waals surface area contributed by atoms with Gasteiger partial charge in [-0.05, 0) is 37.4 Å². The van der Waals surface area contributed by atoms with Crippen LogP contribution in [0.1, 0.15) is 109 Å². The summed E-state index contributed by atoms with van der Waals surface area (Å²) in [5.41, 5.74) is 1.37. The van der Waals surface area contributed by atoms with E-state index in [0.717, 1.165) is 51.6 Å². The standard InChI is InChI=1S/C29H51NO2/c1-2-3-4-5-6-7-8-9-10-11-12-13-14-17-25-32-29-21-16-15-19-28(29)20-18-22-30-23-26-31-27-24-30/h15-16,19,21H,2-14,17-18,20,22-27H2,1H3. The first-order valence-electron chi connectivity index (χ1n) is 13.9. The highest BCUT2D eigenvalue weighted by molar-refractivity contribution is 5.33. The molecule has 1 aromatic carbocycles. The van der Waals surface area contributed by atoms with Crippen LogP contribution in [-0.2, 0) is 11.2 Å². The van der Waals surface area contributed by atoms with Gasteiger partial charge in [-0.15, -0.1) is 0 Å². The Kier molecular flexibility index (Phi) is 16.5. The van der Waals surface area contributed by atoms with Crippen LogP contribution < -0.4 is 4.74 Å². The van der Waals surface area contributed by atoms with Gasteiger partial charge in [0.05, 0.1) is 19.8 Å². The second-order valence-corrected chi connectivity index (χ2v) is 9.61. The van der Waals surface area contributed by atoms with Crippen molar-refractivity contribution < 1.29 is 9.47 Å². The lowest BCUT2D eigenvalue weighted by atomic mass is 10.0. The number of nitrogens with zero attached hydrogens (tertiary/aromatic N) is 1. The minimum Gasteiger partial charge on any atom is -0.493 e. The highest BCUT2D eigenvalue weighted by atomic mass is 16.5. The van der Waals surface area contributed by atoms with E-state index in [4.69, 9.17) is 9.47 Å². The summed E-state index contributed by atoms with van der Waals surface area (Å²) in [5.74, 6) is 1.10. The Balaban J connectivity index is 1.41. The quantitative estimate of drug-likeness (QED) is 0.191. The number of hydrogen-bond acceptors (Lipinski definition) is 3. The summed E-state index contributed by atoms with van der Waals surface area (Å²) in [6.45, 7) is 8.25. The molecule has 0 bridgehead atoms. The summed E-state index contributed by atoms with van der Waals surface area (Å²) in [4.78, 5) is 2.52. The van der Waals surface area contributed by atoms with E-state index < -0.39 is 0 Å². The smallest absolute Gasteiger partial charge is 0.122 e. The fraction of sp³-hybridized carbons (Fsp3) is 0.793. The van der Waals surface area contributed by atoms with Gasteiger partial charge in [-0.25, -0.2) is 0 Å². The van der Waals surface area contributed by atoms with Crippen molar-refractivity contribution in [2.75, 3.05) is 39.5 Å². The molecule has 0 atom stereocenters. The van der Waals surface area contributed by atoms with Crippen LogP contribution in [0.3, 0.4) is 0 Å². The van der Waals surface area contributed by atoms with Gasteiger partial charge in [0.25, 0.3) is 0 Å². The Morgan fingerprint density at radius 3 is 1.91 bits per heavy atom. The fourth-order valence-electron chi connectivity index (χ4n) is 4.65. The van der Waals surface area contributed by atoms with Crippen LogP contribution >= 0.6 is 0 Å². The molecule has 0 aromatic heterocycles. The minimum atomic E-state index is 0.860. The third kappa shape index (κ3) is 13.5. The van der Waals surface area contributed by atoms with Crippen LogP contribution in [0.2, 0.25) is 0 Å². The van der Waals surface area contributed by atoms with Crippen LogP contribution in [0.5, 0.6) is 5.75 Å². The average molecular weight is 446 g/mol. The van der Waals surface area contributed by atoms with Crippen LogP contribution in [0, 0.1) is 0 Å². The molecule has 0 aliphatic carbocycles. The number of morpholine rings is 1. The third-order valence-electron chi connectivity index (χ3n) is 6.75. The van der Waals surface area contributed by atoms with E-state index in [1.165, 1.54) is 102 Å². The molecule has 184 valence electrons. The molecule has 0 N–H and O–H groups in total. The first kappa shape index (κ1) is 27.2. The predicted octanol–water partition coefficient (Wildman–Crippen LogP) is 7.81. The average Bonchev–Trinajstić information content (AvgIpc) is 2.83. The van der Waals surface area contributed by atoms with Crippen molar-refractivity contribution in [3.05, 3.63) is 29.8 Å². The van der Waals surface area contributed by atoms with Crippen molar-refractivity contribution in [1.29, 1.82) is 0 Å². The number of ether oxygens (including phenoxy) is 2. The van der Waals surface area contributed by atoms with E-state index >= 15 is 0 Å². The molecule has 1 aliphatic heterocycles. The maximum Gasteiger partial charge on any atom is 0.122 e. The molecule has 2 rings (SSSR count). The van der Waals surface area contributed by atoms with Crippen molar-refractivity contribution in [3.63, 3.8) is 0 Å². The number of unbranched alkanes of at least 4 members (excludes halogenated alkanes) is 13. The van der Waals surface area contributed by atoms with Gasteiger partial charge in [0.1, 0.15) is 5.75 Å². The monoisotopic (exact) mass is 445 g/mol. The summed E-state index contributed by atoms with van der Waals surface area (Å²) >= 11 is 0. The Bertz CT molecular complexity index is 542. The SMILES string of the molecule is CCCCCCCCCCCCCCCCOc1ccccc1CCCN1CCOCC1. The van der Waals surface area contributed by atoms with Gasteiger partial charge < -0.3 is 9.47 Å². The van der Waals surface area contributed by atoms with E-state index in [0.29, 0.717) is 0 Å². The molecule has 3 heteroatoms. The Hall–Kier alpha value is -1.06. The van der Waals surface area contributed by atoms with Crippen molar-refractivity contribution in [3.8, 4) is 5.75 Å². The van der Waals surface area contributed by atoms with E-state index in [-0.39, 0.29) is 0 Å². The second-order valence-electron chi connectivity index (χ2n) is 9.61. The number of para-hydroxylation sites is 1. The highest BCUT2D eigenvalue weighted by Gasteiger charge is 2.10. The summed E-state index contributed by atoms with van der Waals surface area (Å²) in [6.07, 6.45) is 21.9. The number of aryl methyl sites for hydroxylation is 1. The van der Waals surface area contributed by atoms with Crippen molar-refractivity contribution >= 4 is 0 Å². The zero-order chi connectivity index (χ0) is 22.5. The summed E-state index contributed by atoms with van der Waals surface area (Å²) in [5, 5.41) is 0. The van der Waals surface area contributed by atoms with Crippen LogP contribution in [0.25, 0.3) is 0 Å². The van der Waals surface area contributed by atoms with Gasteiger partial charge >= 0.3 is 0 Å². The molecule has 1 aromatic rings. The Morgan fingerprint density at radius 2 is 1.28 bits per heavy atom. The molecule has 1 aliphatic rings. The highest BCUT2D eigenvalue weighted by Crippen LogP contribution is 2.20. The largest absolute Gasteiger partial charge is 0.493 e. The zero-order valence-electron chi connectivity index (χ0n) is 21.1. The Morgan fingerprint density at radius 1 is 0.719 bits per heavy atom. The van der Waals surface area contributed by atoms with Crippen LogP contribution in [-0.4, -0.2) is 44.4 Å². The van der Waals surface area contributed by atoms with Gasteiger partial charge in [0, 0.05) is 13.1 Å². The summed E-state index contributed by atoms with van der Waals surface area (Å²) in [6, 6.07) is 8.63. The molecule has 0 amide bonds. The van der Waals surface area contributed by atoms with Gasteiger partial charge in [-0.2, -0.15) is 0 Å². The first-order chi connectivity index (χ1) is 15.9. The summed E-state index contributed by atoms with van der Waals surface area (Å²) < 4.78 is 11.6. The fourth-order valence-corrected chi connectivity index (χ4v) is 4.65. The lowest BCUT2D eigenvalue weighted by molar-refractivity contribution is 0.0374. The van der Waals surface area contributed by atoms with Crippen molar-refractivity contribution in [1.82, 2.24) is 4.90 Å². The lowest BCUT2D eigenvalue weighted by Crippen LogP contribution is -2.36. The molecule has 1 heterocycles. The van der Waals surface area contributed by atoms with Crippen LogP contribution in [0.4, 0.5) is 0 Å². The van der Waals surface area contributed by atoms with Crippen molar-refractivity contribution in [2.45, 2.75) is 110 Å². The molecular formula is C29H51NO2. The molecule has 1 saturated heterocycles. The van der Waals surface area contributed by atoms with Crippen molar-refractivity contribution in [2.24, 2.45) is 0 Å². The van der Waals surface area contributed by atoms with Crippen LogP contribution in [0.15, 0.2) is 24.3 Å². The molecule has 0 radical (unpaired) electrons. The van der Waals surface area contributed by atoms with Gasteiger partial charge in [-0.1, -0.05) is 109 Å². The van der Waals surface area contributed by atoms with E-state index in [2.05, 4.69) is 36.1 Å². The zero-order valence-corrected chi connectivity index (χ0v) is 21.1. The van der Waals surface area contributed by atoms with Gasteiger partial charge in [0.15, 0.2) is 0 Å². The van der Waals surface area contributed by atoms with Gasteiger partial charge in [0.2, 0.25) is 0 Å². The summed E-state index contributed by atoms with van der Waals surface area (Å²) in [7, 11) is 0. The number of hydrogen-bond donors (Lipinski definition) is 0. The molecule has 0 unspecified atom stereocenters. The molecular weight excluding hydrogens is 394 g/mol. The first-order valence-corrected chi connectivity index (χ1v) is 13.9. The molecule has 32 heavy (non-hydrogen) atoms. The normalized spacial score (nSPS) is 14.7.